The predicted molar refractivity (Wildman–Crippen MR) is 80.8 cm³/mol. The molecule has 0 saturated heterocycles. The van der Waals surface area contributed by atoms with Crippen molar-refractivity contribution in [1.29, 1.82) is 0 Å². The number of amides is 2. The fraction of sp³-hybridized carbons (Fsp3) is 0.571. The fourth-order valence-corrected chi connectivity index (χ4v) is 3.91. The van der Waals surface area contributed by atoms with Gasteiger partial charge in [-0.1, -0.05) is 0 Å². The zero-order valence-electron chi connectivity index (χ0n) is 11.1. The first kappa shape index (κ1) is 13.9. The molecule has 0 atom stereocenters. The normalized spacial score (nSPS) is 17.4. The minimum Gasteiger partial charge on any atom is -0.349 e. The van der Waals surface area contributed by atoms with Crippen LogP contribution in [0, 0.1) is 0 Å². The minimum absolute atomic E-state index is 0.0447. The molecule has 1 heterocycles. The van der Waals surface area contributed by atoms with Gasteiger partial charge in [-0.2, -0.15) is 0 Å². The number of hydrogen-bond donors (Lipinski definition) is 2. The number of carbonyl (C=O) groups is 2. The van der Waals surface area contributed by atoms with E-state index in [-0.39, 0.29) is 17.7 Å². The third kappa shape index (κ3) is 2.83. The van der Waals surface area contributed by atoms with Crippen molar-refractivity contribution in [3.8, 4) is 0 Å². The Morgan fingerprint density at radius 3 is 2.70 bits per heavy atom. The molecule has 0 aromatic carbocycles. The van der Waals surface area contributed by atoms with Crippen molar-refractivity contribution in [3.05, 3.63) is 16.0 Å². The Hall–Kier alpha value is -1.07. The van der Waals surface area contributed by atoms with Gasteiger partial charge in [-0.05, 0) is 44.1 Å². The number of fused-ring (bicyclic) bond motifs is 1. The van der Waals surface area contributed by atoms with Crippen molar-refractivity contribution in [2.24, 2.45) is 0 Å². The van der Waals surface area contributed by atoms with E-state index in [1.165, 1.54) is 16.2 Å². The summed E-state index contributed by atoms with van der Waals surface area (Å²) >= 11 is 7.08. The third-order valence-electron chi connectivity index (χ3n) is 3.69. The lowest BCUT2D eigenvalue weighted by molar-refractivity contribution is -0.113. The second-order valence-corrected chi connectivity index (χ2v) is 6.72. The Balaban J connectivity index is 1.92. The van der Waals surface area contributed by atoms with Gasteiger partial charge in [-0.3, -0.25) is 9.59 Å². The standard InChI is InChI=1S/C14H17ClN2O2S/c15-7-11(18)17-14-12(13(19)16-8-5-6-8)9-3-1-2-4-10(9)20-14/h8H,1-7H2,(H,16,19)(H,17,18). The van der Waals surface area contributed by atoms with Crippen LogP contribution in [0.1, 0.15) is 46.5 Å². The van der Waals surface area contributed by atoms with Crippen LogP contribution >= 0.6 is 22.9 Å². The quantitative estimate of drug-likeness (QED) is 0.840. The molecule has 0 spiro atoms. The van der Waals surface area contributed by atoms with Crippen molar-refractivity contribution < 1.29 is 9.59 Å². The highest BCUT2D eigenvalue weighted by Crippen LogP contribution is 2.38. The van der Waals surface area contributed by atoms with Crippen LogP contribution in [0.2, 0.25) is 0 Å². The molecule has 1 saturated carbocycles. The Kier molecular flexibility index (Phi) is 3.98. The van der Waals surface area contributed by atoms with E-state index < -0.39 is 0 Å². The molecule has 4 nitrogen and oxygen atoms in total. The van der Waals surface area contributed by atoms with E-state index in [0.29, 0.717) is 16.6 Å². The van der Waals surface area contributed by atoms with Gasteiger partial charge in [0.05, 0.1) is 5.56 Å². The summed E-state index contributed by atoms with van der Waals surface area (Å²) in [5.74, 6) is -0.394. The van der Waals surface area contributed by atoms with Gasteiger partial charge in [0.1, 0.15) is 10.9 Å². The molecular weight excluding hydrogens is 296 g/mol. The van der Waals surface area contributed by atoms with E-state index in [1.807, 2.05) is 0 Å². The fourth-order valence-electron chi connectivity index (χ4n) is 2.54. The highest BCUT2D eigenvalue weighted by Gasteiger charge is 2.30. The molecule has 2 aliphatic rings. The first-order chi connectivity index (χ1) is 9.69. The number of alkyl halides is 1. The van der Waals surface area contributed by atoms with Crippen molar-refractivity contribution in [2.45, 2.75) is 44.6 Å². The zero-order chi connectivity index (χ0) is 14.1. The Morgan fingerprint density at radius 1 is 1.25 bits per heavy atom. The van der Waals surface area contributed by atoms with Gasteiger partial charge >= 0.3 is 0 Å². The molecule has 2 aliphatic carbocycles. The summed E-state index contributed by atoms with van der Waals surface area (Å²) in [6, 6.07) is 0.318. The average Bonchev–Trinajstić information content (AvgIpc) is 3.17. The number of thiophene rings is 1. The number of hydrogen-bond acceptors (Lipinski definition) is 3. The average molecular weight is 313 g/mol. The number of carbonyl (C=O) groups excluding carboxylic acids is 2. The van der Waals surface area contributed by atoms with Crippen LogP contribution in [0.3, 0.4) is 0 Å². The highest BCUT2D eigenvalue weighted by molar-refractivity contribution is 7.17. The molecule has 2 N–H and O–H groups in total. The molecule has 3 rings (SSSR count). The van der Waals surface area contributed by atoms with Gasteiger partial charge < -0.3 is 10.6 Å². The van der Waals surface area contributed by atoms with Crippen LogP contribution < -0.4 is 10.6 Å². The second-order valence-electron chi connectivity index (χ2n) is 5.34. The minimum atomic E-state index is -0.259. The van der Waals surface area contributed by atoms with Gasteiger partial charge in [0.2, 0.25) is 5.91 Å². The number of halogens is 1. The summed E-state index contributed by atoms with van der Waals surface area (Å²) in [6.45, 7) is 0. The molecule has 1 aromatic rings. The number of rotatable bonds is 4. The number of anilines is 1. The Morgan fingerprint density at radius 2 is 2.00 bits per heavy atom. The van der Waals surface area contributed by atoms with Crippen LogP contribution in [-0.2, 0) is 17.6 Å². The summed E-state index contributed by atoms with van der Waals surface area (Å²) in [5, 5.41) is 6.47. The maximum Gasteiger partial charge on any atom is 0.254 e. The largest absolute Gasteiger partial charge is 0.349 e. The van der Waals surface area contributed by atoms with Crippen molar-refractivity contribution >= 4 is 39.8 Å². The van der Waals surface area contributed by atoms with E-state index >= 15 is 0 Å². The molecule has 2 amide bonds. The molecule has 0 radical (unpaired) electrons. The van der Waals surface area contributed by atoms with Crippen molar-refractivity contribution in [1.82, 2.24) is 5.32 Å². The molecule has 6 heteroatoms. The van der Waals surface area contributed by atoms with Crippen molar-refractivity contribution in [3.63, 3.8) is 0 Å². The molecule has 0 unspecified atom stereocenters. The number of nitrogens with one attached hydrogen (secondary N) is 2. The van der Waals surface area contributed by atoms with Crippen LogP contribution in [0.15, 0.2) is 0 Å². The Bertz CT molecular complexity index is 552. The van der Waals surface area contributed by atoms with Gasteiger partial charge in [0.25, 0.3) is 5.91 Å². The van der Waals surface area contributed by atoms with Gasteiger partial charge in [0.15, 0.2) is 0 Å². The SMILES string of the molecule is O=C(CCl)Nc1sc2c(c1C(=O)NC1CC1)CCCC2. The van der Waals surface area contributed by atoms with Gasteiger partial charge in [-0.15, -0.1) is 22.9 Å². The summed E-state index contributed by atoms with van der Waals surface area (Å²) in [6.07, 6.45) is 6.30. The van der Waals surface area contributed by atoms with Gasteiger partial charge in [0, 0.05) is 10.9 Å². The maximum absolute atomic E-state index is 12.4. The molecule has 0 bridgehead atoms. The molecule has 20 heavy (non-hydrogen) atoms. The summed E-state index contributed by atoms with van der Waals surface area (Å²) in [7, 11) is 0. The van der Waals surface area contributed by atoms with E-state index in [1.54, 1.807) is 0 Å². The lowest BCUT2D eigenvalue weighted by Crippen LogP contribution is -2.27. The monoisotopic (exact) mass is 312 g/mol. The summed E-state index contributed by atoms with van der Waals surface area (Å²) in [4.78, 5) is 25.2. The summed E-state index contributed by atoms with van der Waals surface area (Å²) in [5.41, 5.74) is 1.80. The molecule has 1 aromatic heterocycles. The lowest BCUT2D eigenvalue weighted by atomic mass is 9.95. The van der Waals surface area contributed by atoms with Crippen LogP contribution in [-0.4, -0.2) is 23.7 Å². The lowest BCUT2D eigenvalue weighted by Gasteiger charge is -2.13. The molecule has 1 fully saturated rings. The third-order valence-corrected chi connectivity index (χ3v) is 5.14. The van der Waals surface area contributed by atoms with E-state index in [0.717, 1.165) is 44.1 Å². The van der Waals surface area contributed by atoms with Crippen LogP contribution in [0.4, 0.5) is 5.00 Å². The Labute approximate surface area is 126 Å². The van der Waals surface area contributed by atoms with E-state index in [2.05, 4.69) is 10.6 Å². The molecule has 0 aliphatic heterocycles. The van der Waals surface area contributed by atoms with Gasteiger partial charge in [-0.25, -0.2) is 0 Å². The smallest absolute Gasteiger partial charge is 0.254 e. The van der Waals surface area contributed by atoms with Crippen LogP contribution in [0.5, 0.6) is 0 Å². The summed E-state index contributed by atoms with van der Waals surface area (Å²) < 4.78 is 0. The predicted octanol–water partition coefficient (Wildman–Crippen LogP) is 2.70. The molecular formula is C14H17ClN2O2S. The number of aryl methyl sites for hydroxylation is 1. The molecule has 108 valence electrons. The topological polar surface area (TPSA) is 58.2 Å². The van der Waals surface area contributed by atoms with E-state index in [4.69, 9.17) is 11.6 Å². The van der Waals surface area contributed by atoms with Crippen molar-refractivity contribution in [2.75, 3.05) is 11.2 Å². The highest BCUT2D eigenvalue weighted by atomic mass is 35.5. The van der Waals surface area contributed by atoms with Crippen LogP contribution in [0.25, 0.3) is 0 Å². The second kappa shape index (κ2) is 5.74. The first-order valence-electron chi connectivity index (χ1n) is 7.00. The maximum atomic E-state index is 12.4. The first-order valence-corrected chi connectivity index (χ1v) is 8.35. The van der Waals surface area contributed by atoms with E-state index in [9.17, 15) is 9.59 Å². The zero-order valence-corrected chi connectivity index (χ0v) is 12.7.